The van der Waals surface area contributed by atoms with E-state index < -0.39 is 0 Å². The Balaban J connectivity index is 1.12. The van der Waals surface area contributed by atoms with Crippen molar-refractivity contribution in [3.63, 3.8) is 0 Å². The molecule has 0 amide bonds. The minimum absolute atomic E-state index is 0.588. The number of benzene rings is 7. The third-order valence-electron chi connectivity index (χ3n) is 9.42. The first-order chi connectivity index (χ1) is 25.7. The molecule has 0 atom stereocenters. The van der Waals surface area contributed by atoms with E-state index in [1.165, 1.54) is 4.70 Å². The minimum atomic E-state index is 0.588. The van der Waals surface area contributed by atoms with Gasteiger partial charge in [0.1, 0.15) is 16.2 Å². The largest absolute Gasteiger partial charge is 0.456 e. The SMILES string of the molecule is c1ccc(-c2ccc(-c3nc(-c4ccccc4)nc(-c4cccc5oc6cccc(-c7ccc(-c8nc9ccccc9s8)cc7)c6c45)n3)cc2)cc1. The van der Waals surface area contributed by atoms with Gasteiger partial charge in [-0.15, -0.1) is 11.3 Å². The van der Waals surface area contributed by atoms with Gasteiger partial charge in [-0.1, -0.05) is 146 Å². The number of fused-ring (bicyclic) bond motifs is 4. The molecule has 0 aliphatic carbocycles. The first-order valence-electron chi connectivity index (χ1n) is 17.1. The summed E-state index contributed by atoms with van der Waals surface area (Å²) in [6, 6.07) is 58.1. The van der Waals surface area contributed by atoms with E-state index in [1.807, 2.05) is 60.7 Å². The minimum Gasteiger partial charge on any atom is -0.456 e. The molecule has 0 aliphatic heterocycles. The number of thiazole rings is 1. The molecule has 0 spiro atoms. The van der Waals surface area contributed by atoms with Crippen LogP contribution in [-0.4, -0.2) is 19.9 Å². The van der Waals surface area contributed by atoms with Gasteiger partial charge < -0.3 is 4.42 Å². The normalized spacial score (nSPS) is 11.5. The van der Waals surface area contributed by atoms with Crippen molar-refractivity contribution in [1.29, 1.82) is 0 Å². The number of furan rings is 1. The second-order valence-corrected chi connectivity index (χ2v) is 13.7. The van der Waals surface area contributed by atoms with E-state index in [0.29, 0.717) is 17.5 Å². The first kappa shape index (κ1) is 30.1. The number of para-hydroxylation sites is 1. The molecule has 10 rings (SSSR count). The highest BCUT2D eigenvalue weighted by Crippen LogP contribution is 2.42. The molecule has 7 aromatic carbocycles. The lowest BCUT2D eigenvalue weighted by Crippen LogP contribution is -2.00. The predicted octanol–water partition coefficient (Wildman–Crippen LogP) is 12.4. The van der Waals surface area contributed by atoms with Crippen LogP contribution in [-0.2, 0) is 0 Å². The molecule has 0 bridgehead atoms. The van der Waals surface area contributed by atoms with Gasteiger partial charge in [0.15, 0.2) is 17.5 Å². The van der Waals surface area contributed by atoms with Crippen LogP contribution in [0.1, 0.15) is 0 Å². The van der Waals surface area contributed by atoms with Crippen LogP contribution in [0.5, 0.6) is 0 Å². The van der Waals surface area contributed by atoms with Crippen LogP contribution < -0.4 is 0 Å². The van der Waals surface area contributed by atoms with Gasteiger partial charge in [0.05, 0.1) is 10.2 Å². The van der Waals surface area contributed by atoms with Gasteiger partial charge in [-0.05, 0) is 46.5 Å². The van der Waals surface area contributed by atoms with Crippen molar-refractivity contribution in [3.8, 4) is 67.0 Å². The molecule has 0 unspecified atom stereocenters. The molecule has 10 aromatic rings. The van der Waals surface area contributed by atoms with E-state index in [1.54, 1.807) is 11.3 Å². The van der Waals surface area contributed by atoms with Crippen molar-refractivity contribution < 1.29 is 4.42 Å². The summed E-state index contributed by atoms with van der Waals surface area (Å²) in [5.74, 6) is 1.81. The van der Waals surface area contributed by atoms with E-state index in [-0.39, 0.29) is 0 Å². The molecular formula is C46H28N4OS. The first-order valence-corrected chi connectivity index (χ1v) is 18.0. The summed E-state index contributed by atoms with van der Waals surface area (Å²) < 4.78 is 7.69. The van der Waals surface area contributed by atoms with Crippen molar-refractivity contribution in [2.75, 3.05) is 0 Å². The quantitative estimate of drug-likeness (QED) is 0.174. The molecule has 5 nitrogen and oxygen atoms in total. The van der Waals surface area contributed by atoms with Crippen LogP contribution in [0.4, 0.5) is 0 Å². The highest BCUT2D eigenvalue weighted by Gasteiger charge is 2.20. The van der Waals surface area contributed by atoms with Crippen LogP contribution in [0.15, 0.2) is 174 Å². The van der Waals surface area contributed by atoms with Crippen molar-refractivity contribution in [3.05, 3.63) is 170 Å². The van der Waals surface area contributed by atoms with Gasteiger partial charge in [-0.25, -0.2) is 19.9 Å². The van der Waals surface area contributed by atoms with Gasteiger partial charge in [-0.3, -0.25) is 0 Å². The van der Waals surface area contributed by atoms with E-state index in [9.17, 15) is 0 Å². The maximum atomic E-state index is 6.51. The second-order valence-electron chi connectivity index (χ2n) is 12.6. The van der Waals surface area contributed by atoms with Crippen LogP contribution in [0.3, 0.4) is 0 Å². The lowest BCUT2D eigenvalue weighted by Gasteiger charge is -2.10. The summed E-state index contributed by atoms with van der Waals surface area (Å²) in [5.41, 5.74) is 10.9. The molecule has 0 radical (unpaired) electrons. The number of aromatic nitrogens is 4. The predicted molar refractivity (Wildman–Crippen MR) is 213 cm³/mol. The van der Waals surface area contributed by atoms with E-state index in [4.69, 9.17) is 24.4 Å². The Morgan fingerprint density at radius 1 is 0.346 bits per heavy atom. The Hall–Kier alpha value is -6.76. The van der Waals surface area contributed by atoms with Gasteiger partial charge in [-0.2, -0.15) is 0 Å². The zero-order valence-electron chi connectivity index (χ0n) is 27.8. The zero-order valence-corrected chi connectivity index (χ0v) is 28.6. The van der Waals surface area contributed by atoms with E-state index in [2.05, 4.69) is 109 Å². The van der Waals surface area contributed by atoms with Crippen molar-refractivity contribution in [2.45, 2.75) is 0 Å². The summed E-state index contributed by atoms with van der Waals surface area (Å²) >= 11 is 1.71. The molecule has 244 valence electrons. The van der Waals surface area contributed by atoms with Gasteiger partial charge in [0.25, 0.3) is 0 Å². The van der Waals surface area contributed by atoms with E-state index >= 15 is 0 Å². The fourth-order valence-corrected chi connectivity index (χ4v) is 7.84. The molecule has 0 fully saturated rings. The Bertz CT molecular complexity index is 2850. The summed E-state index contributed by atoms with van der Waals surface area (Å²) in [7, 11) is 0. The Morgan fingerprint density at radius 2 is 0.846 bits per heavy atom. The molecule has 3 heterocycles. The number of hydrogen-bond donors (Lipinski definition) is 0. The van der Waals surface area contributed by atoms with Crippen LogP contribution in [0.25, 0.3) is 99.1 Å². The van der Waals surface area contributed by atoms with Crippen LogP contribution >= 0.6 is 11.3 Å². The maximum absolute atomic E-state index is 6.51. The number of nitrogens with zero attached hydrogens (tertiary/aromatic N) is 4. The van der Waals surface area contributed by atoms with Crippen LogP contribution in [0.2, 0.25) is 0 Å². The molecular weight excluding hydrogens is 657 g/mol. The Kier molecular flexibility index (Phi) is 7.25. The lowest BCUT2D eigenvalue weighted by atomic mass is 9.96. The highest BCUT2D eigenvalue weighted by molar-refractivity contribution is 7.21. The fraction of sp³-hybridized carbons (Fsp3) is 0. The van der Waals surface area contributed by atoms with E-state index in [0.717, 1.165) is 77.0 Å². The second kappa shape index (κ2) is 12.5. The Morgan fingerprint density at radius 3 is 1.54 bits per heavy atom. The topological polar surface area (TPSA) is 64.7 Å². The number of hydrogen-bond acceptors (Lipinski definition) is 6. The molecule has 0 saturated heterocycles. The molecule has 0 saturated carbocycles. The van der Waals surface area contributed by atoms with Gasteiger partial charge in [0, 0.05) is 33.0 Å². The zero-order chi connectivity index (χ0) is 34.4. The monoisotopic (exact) mass is 684 g/mol. The molecule has 3 aromatic heterocycles. The maximum Gasteiger partial charge on any atom is 0.164 e. The molecule has 0 aliphatic rings. The van der Waals surface area contributed by atoms with Gasteiger partial charge in [0.2, 0.25) is 0 Å². The lowest BCUT2D eigenvalue weighted by molar-refractivity contribution is 0.669. The standard InChI is InChI=1S/C46H28N4OS/c1-3-11-29(12-4-1)30-21-25-33(26-22-30)44-48-43(32-13-5-2-6-14-32)49-45(50-44)36-16-10-19-39-42(36)41-35(15-9-18-38(41)51-39)31-23-27-34(28-24-31)46-47-37-17-7-8-20-40(37)52-46/h1-28H. The summed E-state index contributed by atoms with van der Waals surface area (Å²) in [6.45, 7) is 0. The van der Waals surface area contributed by atoms with Crippen LogP contribution in [0, 0.1) is 0 Å². The summed E-state index contributed by atoms with van der Waals surface area (Å²) in [6.07, 6.45) is 0. The molecule has 0 N–H and O–H groups in total. The van der Waals surface area contributed by atoms with Crippen molar-refractivity contribution in [1.82, 2.24) is 19.9 Å². The average Bonchev–Trinajstić information content (AvgIpc) is 3.84. The molecule has 52 heavy (non-hydrogen) atoms. The summed E-state index contributed by atoms with van der Waals surface area (Å²) in [5, 5.41) is 3.01. The Labute approximate surface area is 303 Å². The highest BCUT2D eigenvalue weighted by atomic mass is 32.1. The third-order valence-corrected chi connectivity index (χ3v) is 10.5. The summed E-state index contributed by atoms with van der Waals surface area (Å²) in [4.78, 5) is 20.1. The molecule has 6 heteroatoms. The van der Waals surface area contributed by atoms with Gasteiger partial charge >= 0.3 is 0 Å². The average molecular weight is 685 g/mol. The number of rotatable bonds is 6. The van der Waals surface area contributed by atoms with Crippen molar-refractivity contribution in [2.24, 2.45) is 0 Å². The fourth-order valence-electron chi connectivity index (χ4n) is 6.87. The van der Waals surface area contributed by atoms with Crippen molar-refractivity contribution >= 4 is 43.5 Å². The third kappa shape index (κ3) is 5.34. The smallest absolute Gasteiger partial charge is 0.164 e.